The van der Waals surface area contributed by atoms with Gasteiger partial charge in [0.15, 0.2) is 0 Å². The van der Waals surface area contributed by atoms with Gasteiger partial charge in [0.25, 0.3) is 11.2 Å². The predicted octanol–water partition coefficient (Wildman–Crippen LogP) is 1.82. The van der Waals surface area contributed by atoms with E-state index in [9.17, 15) is 34.2 Å². The summed E-state index contributed by atoms with van der Waals surface area (Å²) in [6.07, 6.45) is 1.24. The summed E-state index contributed by atoms with van der Waals surface area (Å²) < 4.78 is 19.9. The van der Waals surface area contributed by atoms with Crippen LogP contribution in [0.3, 0.4) is 0 Å². The van der Waals surface area contributed by atoms with Crippen LogP contribution < -0.4 is 15.8 Å². The number of nitrogens with zero attached hydrogens (tertiary/aromatic N) is 4. The van der Waals surface area contributed by atoms with Crippen LogP contribution in [0, 0.1) is 39.1 Å². The number of rotatable bonds is 5. The SMILES string of the molecule is CCOC(=O)C1CCCN(c2nc3c(c(=O)[nH]2)C(c2cc([N+](=O)[O-])ccc2F)C(C#N)C(=O)N3)C1. The van der Waals surface area contributed by atoms with E-state index in [-0.39, 0.29) is 42.0 Å². The average molecular weight is 484 g/mol. The third-order valence-corrected chi connectivity index (χ3v) is 6.12. The van der Waals surface area contributed by atoms with Gasteiger partial charge in [0.1, 0.15) is 17.6 Å². The number of halogens is 1. The Kier molecular flexibility index (Phi) is 6.46. The maximum absolute atomic E-state index is 14.8. The van der Waals surface area contributed by atoms with Crippen LogP contribution in [0.25, 0.3) is 0 Å². The first-order valence-electron chi connectivity index (χ1n) is 10.9. The average Bonchev–Trinajstić information content (AvgIpc) is 2.83. The zero-order valence-electron chi connectivity index (χ0n) is 18.6. The highest BCUT2D eigenvalue weighted by Gasteiger charge is 2.42. The molecule has 1 fully saturated rings. The monoisotopic (exact) mass is 484 g/mol. The quantitative estimate of drug-likeness (QED) is 0.365. The summed E-state index contributed by atoms with van der Waals surface area (Å²) in [5.41, 5.74) is -1.70. The van der Waals surface area contributed by atoms with Gasteiger partial charge in [-0.25, -0.2) is 4.39 Å². The Morgan fingerprint density at radius 3 is 2.89 bits per heavy atom. The van der Waals surface area contributed by atoms with Gasteiger partial charge in [0, 0.05) is 36.7 Å². The van der Waals surface area contributed by atoms with E-state index in [1.54, 1.807) is 17.9 Å². The minimum atomic E-state index is -1.52. The van der Waals surface area contributed by atoms with E-state index in [0.717, 1.165) is 18.2 Å². The van der Waals surface area contributed by atoms with Gasteiger partial charge in [-0.2, -0.15) is 10.2 Å². The molecule has 1 aromatic carbocycles. The molecule has 1 amide bonds. The molecule has 3 atom stereocenters. The number of fused-ring (bicyclic) bond motifs is 1. The van der Waals surface area contributed by atoms with Gasteiger partial charge in [0.05, 0.1) is 29.1 Å². The van der Waals surface area contributed by atoms with E-state index in [1.807, 2.05) is 0 Å². The highest BCUT2D eigenvalue weighted by molar-refractivity contribution is 5.98. The lowest BCUT2D eigenvalue weighted by Gasteiger charge is -2.33. The molecule has 0 aliphatic carbocycles. The van der Waals surface area contributed by atoms with Gasteiger partial charge in [-0.15, -0.1) is 0 Å². The molecule has 0 spiro atoms. The molecule has 3 heterocycles. The fourth-order valence-electron chi connectivity index (χ4n) is 4.49. The number of carbonyl (C=O) groups excluding carboxylic acids is 2. The highest BCUT2D eigenvalue weighted by atomic mass is 19.1. The van der Waals surface area contributed by atoms with Crippen LogP contribution in [0.2, 0.25) is 0 Å². The van der Waals surface area contributed by atoms with Crippen LogP contribution >= 0.6 is 0 Å². The van der Waals surface area contributed by atoms with Crippen molar-refractivity contribution in [1.82, 2.24) is 9.97 Å². The number of hydrogen-bond donors (Lipinski definition) is 2. The maximum Gasteiger partial charge on any atom is 0.310 e. The van der Waals surface area contributed by atoms with Gasteiger partial charge in [-0.3, -0.25) is 29.5 Å². The van der Waals surface area contributed by atoms with Crippen LogP contribution in [0.1, 0.15) is 36.8 Å². The molecular weight excluding hydrogens is 463 g/mol. The molecule has 0 radical (unpaired) electrons. The third-order valence-electron chi connectivity index (χ3n) is 6.12. The van der Waals surface area contributed by atoms with E-state index in [2.05, 4.69) is 15.3 Å². The Morgan fingerprint density at radius 1 is 1.43 bits per heavy atom. The summed E-state index contributed by atoms with van der Waals surface area (Å²) >= 11 is 0. The number of amides is 1. The normalized spacial score (nSPS) is 21.5. The standard InChI is InChI=1S/C22H21FN6O6/c1-2-35-21(32)11-4-3-7-28(10-11)22-26-18-17(20(31)27-22)16(14(9-24)19(30)25-18)13-8-12(29(33)34)5-6-15(13)23/h5-6,8,11,14,16H,2-4,7,10H2,1H3,(H2,25,26,27,30,31). The first kappa shape index (κ1) is 23.8. The van der Waals surface area contributed by atoms with Crippen LogP contribution in [-0.2, 0) is 14.3 Å². The van der Waals surface area contributed by atoms with E-state index < -0.39 is 45.6 Å². The number of piperidine rings is 1. The number of aromatic nitrogens is 2. The molecule has 12 nitrogen and oxygen atoms in total. The topological polar surface area (TPSA) is 171 Å². The second-order valence-corrected chi connectivity index (χ2v) is 8.23. The molecule has 0 saturated carbocycles. The Bertz CT molecular complexity index is 1300. The van der Waals surface area contributed by atoms with Crippen LogP contribution in [0.15, 0.2) is 23.0 Å². The lowest BCUT2D eigenvalue weighted by Crippen LogP contribution is -2.43. The van der Waals surface area contributed by atoms with Crippen molar-refractivity contribution in [3.8, 4) is 6.07 Å². The first-order valence-corrected chi connectivity index (χ1v) is 10.9. The molecule has 1 aromatic heterocycles. The molecule has 2 N–H and O–H groups in total. The Balaban J connectivity index is 1.78. The summed E-state index contributed by atoms with van der Waals surface area (Å²) in [6, 6.07) is 4.48. The first-order chi connectivity index (χ1) is 16.7. The number of nitro groups is 1. The largest absolute Gasteiger partial charge is 0.466 e. The summed E-state index contributed by atoms with van der Waals surface area (Å²) in [4.78, 5) is 57.2. The molecule has 182 valence electrons. The predicted molar refractivity (Wildman–Crippen MR) is 119 cm³/mol. The molecule has 0 bridgehead atoms. The highest BCUT2D eigenvalue weighted by Crippen LogP contribution is 2.40. The minimum Gasteiger partial charge on any atom is -0.466 e. The van der Waals surface area contributed by atoms with Crippen molar-refractivity contribution < 1.29 is 23.6 Å². The van der Waals surface area contributed by atoms with Crippen LogP contribution in [0.5, 0.6) is 0 Å². The number of esters is 1. The van der Waals surface area contributed by atoms with Crippen molar-refractivity contribution in [2.75, 3.05) is 29.9 Å². The number of ether oxygens (including phenoxy) is 1. The second kappa shape index (κ2) is 9.49. The van der Waals surface area contributed by atoms with Crippen molar-refractivity contribution in [1.29, 1.82) is 5.26 Å². The number of anilines is 2. The van der Waals surface area contributed by atoms with E-state index in [4.69, 9.17) is 4.74 Å². The third kappa shape index (κ3) is 4.42. The van der Waals surface area contributed by atoms with Gasteiger partial charge in [-0.05, 0) is 25.8 Å². The lowest BCUT2D eigenvalue weighted by atomic mass is 9.79. The Labute approximate surface area is 197 Å². The molecule has 2 aromatic rings. The Morgan fingerprint density at radius 2 is 2.20 bits per heavy atom. The van der Waals surface area contributed by atoms with Crippen LogP contribution in [-0.4, -0.2) is 46.5 Å². The van der Waals surface area contributed by atoms with E-state index in [0.29, 0.717) is 19.4 Å². The number of non-ortho nitro benzene ring substituents is 1. The molecule has 1 saturated heterocycles. The Hall–Kier alpha value is -4.34. The second-order valence-electron chi connectivity index (χ2n) is 8.23. The molecule has 35 heavy (non-hydrogen) atoms. The number of H-pyrrole nitrogens is 1. The van der Waals surface area contributed by atoms with Gasteiger partial charge in [-0.1, -0.05) is 0 Å². The summed E-state index contributed by atoms with van der Waals surface area (Å²) in [5, 5.41) is 23.3. The summed E-state index contributed by atoms with van der Waals surface area (Å²) in [5.74, 6) is -5.51. The zero-order chi connectivity index (χ0) is 25.3. The maximum atomic E-state index is 14.8. The number of nitriles is 1. The van der Waals surface area contributed by atoms with E-state index >= 15 is 0 Å². The molecule has 13 heteroatoms. The fourth-order valence-corrected chi connectivity index (χ4v) is 4.49. The smallest absolute Gasteiger partial charge is 0.310 e. The van der Waals surface area contributed by atoms with Crippen molar-refractivity contribution in [3.63, 3.8) is 0 Å². The minimum absolute atomic E-state index is 0.0942. The van der Waals surface area contributed by atoms with Gasteiger partial charge in [0.2, 0.25) is 11.9 Å². The van der Waals surface area contributed by atoms with Crippen molar-refractivity contribution in [2.24, 2.45) is 11.8 Å². The number of nitrogens with one attached hydrogen (secondary N) is 2. The van der Waals surface area contributed by atoms with Gasteiger partial charge >= 0.3 is 5.97 Å². The fraction of sp³-hybridized carbons (Fsp3) is 0.409. The van der Waals surface area contributed by atoms with Gasteiger partial charge < -0.3 is 15.0 Å². The number of hydrogen-bond acceptors (Lipinski definition) is 9. The van der Waals surface area contributed by atoms with E-state index in [1.165, 1.54) is 0 Å². The number of nitro benzene ring substituents is 1. The van der Waals surface area contributed by atoms with Crippen LogP contribution in [0.4, 0.5) is 21.8 Å². The molecule has 4 rings (SSSR count). The number of aromatic amines is 1. The van der Waals surface area contributed by atoms with Crippen molar-refractivity contribution >= 4 is 29.3 Å². The molecular formula is C22H21FN6O6. The number of benzene rings is 1. The molecule has 2 aliphatic rings. The molecule has 2 aliphatic heterocycles. The molecule has 3 unspecified atom stereocenters. The number of carbonyl (C=O) groups is 2. The zero-order valence-corrected chi connectivity index (χ0v) is 18.6. The summed E-state index contributed by atoms with van der Waals surface area (Å²) in [7, 11) is 0. The van der Waals surface area contributed by atoms with Crippen molar-refractivity contribution in [2.45, 2.75) is 25.7 Å². The lowest BCUT2D eigenvalue weighted by molar-refractivity contribution is -0.385. The van der Waals surface area contributed by atoms with Crippen molar-refractivity contribution in [3.05, 3.63) is 55.6 Å². The summed E-state index contributed by atoms with van der Waals surface area (Å²) in [6.45, 7) is 2.66.